The summed E-state index contributed by atoms with van der Waals surface area (Å²) in [5.74, 6) is -74.1. The van der Waals surface area contributed by atoms with E-state index in [0.717, 1.165) is 51.4 Å². The summed E-state index contributed by atoms with van der Waals surface area (Å²) >= 11 is 0. The van der Waals surface area contributed by atoms with E-state index in [-0.39, 0.29) is 12.8 Å². The lowest BCUT2D eigenvalue weighted by Gasteiger charge is -2.41. The molecular weight excluding hydrogens is 855 g/mol. The molecule has 0 unspecified atom stereocenters. The molecule has 0 saturated carbocycles. The van der Waals surface area contributed by atoms with E-state index < -0.39 is 101 Å². The van der Waals surface area contributed by atoms with Crippen LogP contribution in [0.1, 0.15) is 120 Å². The number of ether oxygens (including phenoxy) is 2. The Bertz CT molecular complexity index is 1520. The van der Waals surface area contributed by atoms with Crippen LogP contribution in [0.5, 0.6) is 5.75 Å². The average molecular weight is 893 g/mol. The first-order valence-electron chi connectivity index (χ1n) is 17.5. The molecule has 0 spiro atoms. The topological polar surface area (TPSA) is 35.5 Å². The maximum Gasteiger partial charge on any atom is 0.460 e. The van der Waals surface area contributed by atoms with Gasteiger partial charge in [0, 0.05) is 0 Å². The first-order valence-corrected chi connectivity index (χ1v) is 17.5. The summed E-state index contributed by atoms with van der Waals surface area (Å²) in [5.41, 5.74) is -2.48. The summed E-state index contributed by atoms with van der Waals surface area (Å²) in [6.45, 7) is 1.35. The van der Waals surface area contributed by atoms with Crippen molar-refractivity contribution in [3.63, 3.8) is 0 Å². The van der Waals surface area contributed by atoms with Crippen LogP contribution in [0.4, 0.5) is 92.2 Å². The molecule has 338 valence electrons. The Morgan fingerprint density at radius 2 is 0.810 bits per heavy atom. The van der Waals surface area contributed by atoms with Crippen LogP contribution in [0.3, 0.4) is 0 Å². The van der Waals surface area contributed by atoms with Crippen LogP contribution in [0, 0.1) is 23.3 Å². The lowest BCUT2D eigenvalue weighted by Crippen LogP contribution is -2.72. The molecule has 0 aliphatic carbocycles. The van der Waals surface area contributed by atoms with Crippen LogP contribution >= 0.6 is 0 Å². The summed E-state index contributed by atoms with van der Waals surface area (Å²) in [7, 11) is 0. The third-order valence-electron chi connectivity index (χ3n) is 8.63. The zero-order valence-corrected chi connectivity index (χ0v) is 30.2. The molecule has 0 aliphatic heterocycles. The highest BCUT2D eigenvalue weighted by Gasteiger charge is 2.94. The van der Waals surface area contributed by atoms with E-state index in [1.165, 1.54) is 25.7 Å². The van der Waals surface area contributed by atoms with Crippen molar-refractivity contribution in [2.45, 2.75) is 151 Å². The molecule has 1 rings (SSSR count). The van der Waals surface area contributed by atoms with Gasteiger partial charge in [-0.3, -0.25) is 0 Å². The van der Waals surface area contributed by atoms with Crippen molar-refractivity contribution in [2.24, 2.45) is 0 Å². The third kappa shape index (κ3) is 11.3. The predicted octanol–water partition coefficient (Wildman–Crippen LogP) is 14.5. The van der Waals surface area contributed by atoms with Crippen LogP contribution in [0.15, 0.2) is 11.8 Å². The first-order chi connectivity index (χ1) is 26.4. The minimum atomic E-state index is -8.90. The van der Waals surface area contributed by atoms with Gasteiger partial charge in [0.05, 0.1) is 6.61 Å². The molecule has 0 N–H and O–H groups in total. The molecule has 0 saturated heterocycles. The molecule has 0 atom stereocenters. The van der Waals surface area contributed by atoms with Crippen molar-refractivity contribution in [1.82, 2.24) is 0 Å². The zero-order chi connectivity index (χ0) is 45.1. The number of carbonyl (C=O) groups excluding carboxylic acids is 1. The lowest BCUT2D eigenvalue weighted by atomic mass is 9.91. The molecule has 3 nitrogen and oxygen atoms in total. The summed E-state index contributed by atoms with van der Waals surface area (Å²) < 4.78 is 294. The molecule has 0 heterocycles. The Morgan fingerprint density at radius 3 is 1.21 bits per heavy atom. The molecule has 58 heavy (non-hydrogen) atoms. The largest absolute Gasteiger partial charge is 0.462 e. The van der Waals surface area contributed by atoms with E-state index in [1.54, 1.807) is 0 Å². The van der Waals surface area contributed by atoms with Gasteiger partial charge in [0.1, 0.15) is 5.56 Å². The molecular formula is C34H37F21O3. The number of allylic oxidation sites excluding steroid dienone is 1. The summed E-state index contributed by atoms with van der Waals surface area (Å²) in [5, 5.41) is 0. The first kappa shape index (κ1) is 52.8. The number of halogens is 21. The highest BCUT2D eigenvalue weighted by Crippen LogP contribution is 2.63. The Morgan fingerprint density at radius 1 is 0.466 bits per heavy atom. The standard InChI is InChI=1S/C34H37F21O3/c1-2-3-4-5-6-7-8-9-10-11-12-13-14-15-16-17-18-57-27(56)19-20(35)21(36)22(37)23(38)24(19)58-26(40)25(39)28(41,42)29(43,44)30(45,46)31(47,48)32(49,50)33(51,52)34(53,54)55/h2-18H2,1H3. The second-order valence-corrected chi connectivity index (χ2v) is 13.0. The second-order valence-electron chi connectivity index (χ2n) is 13.0. The van der Waals surface area contributed by atoms with Crippen LogP contribution < -0.4 is 4.74 Å². The van der Waals surface area contributed by atoms with E-state index in [2.05, 4.69) is 16.4 Å². The van der Waals surface area contributed by atoms with E-state index in [4.69, 9.17) is 0 Å². The van der Waals surface area contributed by atoms with Gasteiger partial charge < -0.3 is 9.47 Å². The van der Waals surface area contributed by atoms with Crippen molar-refractivity contribution in [2.75, 3.05) is 6.61 Å². The number of carbonyl (C=O) groups is 1. The monoisotopic (exact) mass is 892 g/mol. The normalized spacial score (nSPS) is 14.2. The van der Waals surface area contributed by atoms with Gasteiger partial charge in [-0.1, -0.05) is 103 Å². The summed E-state index contributed by atoms with van der Waals surface area (Å²) in [6, 6.07) is -4.33. The van der Waals surface area contributed by atoms with Gasteiger partial charge in [0.15, 0.2) is 17.4 Å². The highest BCUT2D eigenvalue weighted by atomic mass is 19.4. The minimum absolute atomic E-state index is 0.0923. The van der Waals surface area contributed by atoms with E-state index >= 15 is 0 Å². The van der Waals surface area contributed by atoms with E-state index in [0.29, 0.717) is 12.8 Å². The Balaban J connectivity index is 3.09. The molecule has 0 radical (unpaired) electrons. The number of hydrogen-bond donors (Lipinski definition) is 0. The van der Waals surface area contributed by atoms with Gasteiger partial charge in [0.25, 0.3) is 0 Å². The fraction of sp³-hybridized carbons (Fsp3) is 0.735. The fourth-order valence-electron chi connectivity index (χ4n) is 5.14. The van der Waals surface area contributed by atoms with Crippen LogP contribution in [-0.4, -0.2) is 54.3 Å². The van der Waals surface area contributed by atoms with Gasteiger partial charge in [0.2, 0.25) is 17.5 Å². The Labute approximate surface area is 317 Å². The molecule has 0 amide bonds. The molecule has 1 aromatic carbocycles. The van der Waals surface area contributed by atoms with E-state index in [1.807, 2.05) is 0 Å². The van der Waals surface area contributed by atoms with Crippen molar-refractivity contribution in [3.8, 4) is 5.75 Å². The second kappa shape index (κ2) is 20.8. The van der Waals surface area contributed by atoms with Crippen molar-refractivity contribution in [1.29, 1.82) is 0 Å². The van der Waals surface area contributed by atoms with E-state index in [9.17, 15) is 97.0 Å². The highest BCUT2D eigenvalue weighted by molar-refractivity contribution is 5.93. The Kier molecular flexibility index (Phi) is 19.0. The molecule has 0 fully saturated rings. The lowest BCUT2D eigenvalue weighted by molar-refractivity contribution is -0.451. The smallest absolute Gasteiger partial charge is 0.460 e. The molecule has 0 aliphatic rings. The molecule has 0 aromatic heterocycles. The number of alkyl halides is 15. The van der Waals surface area contributed by atoms with Gasteiger partial charge in [-0.15, -0.1) is 0 Å². The molecule has 1 aromatic rings. The molecule has 24 heteroatoms. The maximum absolute atomic E-state index is 14.5. The summed E-state index contributed by atoms with van der Waals surface area (Å²) in [4.78, 5) is 12.4. The Hall–Kier alpha value is -3.24. The number of esters is 1. The third-order valence-corrected chi connectivity index (χ3v) is 8.63. The van der Waals surface area contributed by atoms with Crippen LogP contribution in [0.25, 0.3) is 0 Å². The van der Waals surface area contributed by atoms with Crippen molar-refractivity contribution >= 4 is 5.97 Å². The zero-order valence-electron chi connectivity index (χ0n) is 30.2. The fourth-order valence-corrected chi connectivity index (χ4v) is 5.14. The SMILES string of the molecule is CCCCCCCCCCCCCCCCCCOC(=O)c1c(F)c(F)c(F)c(F)c1OC(F)=C(F)C(F)(F)C(F)(F)C(F)(F)C(F)(F)C(F)(F)C(F)(F)C(F)(F)F. The predicted molar refractivity (Wildman–Crippen MR) is 162 cm³/mol. The van der Waals surface area contributed by atoms with Gasteiger partial charge >= 0.3 is 53.7 Å². The number of benzene rings is 1. The minimum Gasteiger partial charge on any atom is -0.462 e. The quantitative estimate of drug-likeness (QED) is 0.0232. The van der Waals surface area contributed by atoms with Crippen LogP contribution in [0.2, 0.25) is 0 Å². The van der Waals surface area contributed by atoms with Gasteiger partial charge in [-0.05, 0) is 6.42 Å². The van der Waals surface area contributed by atoms with Gasteiger partial charge in [-0.25, -0.2) is 18.0 Å². The van der Waals surface area contributed by atoms with Crippen LogP contribution in [-0.2, 0) is 4.74 Å². The van der Waals surface area contributed by atoms with Gasteiger partial charge in [-0.2, -0.15) is 79.0 Å². The van der Waals surface area contributed by atoms with Crippen molar-refractivity contribution < 1.29 is 106 Å². The molecule has 0 bridgehead atoms. The number of rotatable bonds is 26. The maximum atomic E-state index is 14.5. The number of hydrogen-bond acceptors (Lipinski definition) is 3. The average Bonchev–Trinajstić information content (AvgIpc) is 3.12. The van der Waals surface area contributed by atoms with Crippen molar-refractivity contribution in [3.05, 3.63) is 40.7 Å². The summed E-state index contributed by atoms with van der Waals surface area (Å²) in [6.07, 6.45) is 6.50. The number of unbranched alkanes of at least 4 members (excludes halogenated alkanes) is 15.